The average Bonchev–Trinajstić information content (AvgIpc) is 2.28. The molecule has 3 unspecified atom stereocenters. The Morgan fingerprint density at radius 2 is 1.38 bits per heavy atom. The van der Waals surface area contributed by atoms with Crippen LogP contribution >= 0.6 is 0 Å². The second-order valence-electron chi connectivity index (χ2n) is 5.63. The fourth-order valence-corrected chi connectivity index (χ4v) is 2.30. The largest absolute Gasteiger partial charge is 0.0625 e. The van der Waals surface area contributed by atoms with Crippen LogP contribution in [0.2, 0.25) is 0 Å². The van der Waals surface area contributed by atoms with Gasteiger partial charge in [0.2, 0.25) is 0 Å². The molecule has 1 rings (SSSR count). The van der Waals surface area contributed by atoms with Crippen molar-refractivity contribution in [2.45, 2.75) is 41.0 Å². The molecule has 0 spiro atoms. The molecule has 0 saturated heterocycles. The number of hydrogen-bond donors (Lipinski definition) is 0. The molecule has 1 aromatic carbocycles. The highest BCUT2D eigenvalue weighted by Gasteiger charge is 2.21. The lowest BCUT2D eigenvalue weighted by atomic mass is 9.77. The summed E-state index contributed by atoms with van der Waals surface area (Å²) < 4.78 is 0. The zero-order chi connectivity index (χ0) is 12.1. The third kappa shape index (κ3) is 3.66. The van der Waals surface area contributed by atoms with E-state index in [9.17, 15) is 0 Å². The minimum atomic E-state index is 0.764. The molecule has 0 amide bonds. The molecule has 3 atom stereocenters. The lowest BCUT2D eigenvalue weighted by molar-refractivity contribution is 0.222. The highest BCUT2D eigenvalue weighted by Crippen LogP contribution is 2.28. The summed E-state index contributed by atoms with van der Waals surface area (Å²) in [7, 11) is 0. The first-order valence-corrected chi connectivity index (χ1v) is 6.56. The Morgan fingerprint density at radius 3 is 1.88 bits per heavy atom. The molecule has 0 heterocycles. The zero-order valence-electron chi connectivity index (χ0n) is 11.4. The summed E-state index contributed by atoms with van der Waals surface area (Å²) in [6, 6.07) is 10.8. The Hall–Kier alpha value is -0.780. The van der Waals surface area contributed by atoms with E-state index in [2.05, 4.69) is 65.0 Å². The maximum absolute atomic E-state index is 2.40. The summed E-state index contributed by atoms with van der Waals surface area (Å²) >= 11 is 0. The van der Waals surface area contributed by atoms with Gasteiger partial charge in [0, 0.05) is 0 Å². The fraction of sp³-hybridized carbons (Fsp3) is 0.625. The average molecular weight is 218 g/mol. The maximum Gasteiger partial charge on any atom is -0.0250 e. The van der Waals surface area contributed by atoms with Crippen molar-refractivity contribution in [1.29, 1.82) is 0 Å². The lowest BCUT2D eigenvalue weighted by Gasteiger charge is -2.29. The summed E-state index contributed by atoms with van der Waals surface area (Å²) in [5.74, 6) is 3.15. The van der Waals surface area contributed by atoms with E-state index in [0.29, 0.717) is 0 Å². The van der Waals surface area contributed by atoms with Gasteiger partial charge in [-0.2, -0.15) is 0 Å². The van der Waals surface area contributed by atoms with Crippen molar-refractivity contribution in [2.75, 3.05) is 0 Å². The molecular formula is C16H26. The first-order chi connectivity index (χ1) is 7.52. The van der Waals surface area contributed by atoms with Crippen LogP contribution in [0.1, 0.15) is 40.2 Å². The summed E-state index contributed by atoms with van der Waals surface area (Å²) in [6.07, 6.45) is 1.21. The molecule has 0 aliphatic carbocycles. The third-order valence-electron chi connectivity index (χ3n) is 4.18. The molecule has 0 aliphatic heterocycles. The molecule has 16 heavy (non-hydrogen) atoms. The van der Waals surface area contributed by atoms with Crippen molar-refractivity contribution in [1.82, 2.24) is 0 Å². The third-order valence-corrected chi connectivity index (χ3v) is 4.18. The van der Waals surface area contributed by atoms with Crippen molar-refractivity contribution in [3.63, 3.8) is 0 Å². The summed E-state index contributed by atoms with van der Waals surface area (Å²) in [5, 5.41) is 0. The SMILES string of the molecule is CC(C)C(C)C(C)C(C)Cc1ccccc1. The Kier molecular flexibility index (Phi) is 5.05. The van der Waals surface area contributed by atoms with E-state index in [1.165, 1.54) is 12.0 Å². The summed E-state index contributed by atoms with van der Waals surface area (Å²) in [4.78, 5) is 0. The van der Waals surface area contributed by atoms with E-state index in [4.69, 9.17) is 0 Å². The molecule has 0 fully saturated rings. The molecule has 0 nitrogen and oxygen atoms in total. The Morgan fingerprint density at radius 1 is 0.812 bits per heavy atom. The van der Waals surface area contributed by atoms with Gasteiger partial charge in [0.15, 0.2) is 0 Å². The van der Waals surface area contributed by atoms with Crippen LogP contribution in [0.5, 0.6) is 0 Å². The van der Waals surface area contributed by atoms with Crippen molar-refractivity contribution in [3.05, 3.63) is 35.9 Å². The predicted molar refractivity (Wildman–Crippen MR) is 72.5 cm³/mol. The maximum atomic E-state index is 2.40. The van der Waals surface area contributed by atoms with E-state index in [1.807, 2.05) is 0 Å². The molecule has 0 aliphatic rings. The first-order valence-electron chi connectivity index (χ1n) is 6.56. The van der Waals surface area contributed by atoms with Gasteiger partial charge >= 0.3 is 0 Å². The van der Waals surface area contributed by atoms with E-state index in [0.717, 1.165) is 23.7 Å². The fourth-order valence-electron chi connectivity index (χ4n) is 2.30. The van der Waals surface area contributed by atoms with Crippen LogP contribution in [0, 0.1) is 23.7 Å². The molecule has 0 radical (unpaired) electrons. The zero-order valence-corrected chi connectivity index (χ0v) is 11.4. The molecule has 0 bridgehead atoms. The Labute approximate surface area is 101 Å². The number of benzene rings is 1. The van der Waals surface area contributed by atoms with E-state index in [1.54, 1.807) is 0 Å². The highest BCUT2D eigenvalue weighted by molar-refractivity contribution is 5.15. The van der Waals surface area contributed by atoms with Crippen molar-refractivity contribution in [2.24, 2.45) is 23.7 Å². The van der Waals surface area contributed by atoms with Crippen LogP contribution in [0.25, 0.3) is 0 Å². The quantitative estimate of drug-likeness (QED) is 0.666. The molecule has 0 aromatic heterocycles. The van der Waals surface area contributed by atoms with Gasteiger partial charge in [-0.1, -0.05) is 65.0 Å². The van der Waals surface area contributed by atoms with Crippen molar-refractivity contribution >= 4 is 0 Å². The van der Waals surface area contributed by atoms with Gasteiger partial charge in [-0.25, -0.2) is 0 Å². The van der Waals surface area contributed by atoms with E-state index < -0.39 is 0 Å². The molecule has 0 saturated carbocycles. The normalized spacial score (nSPS) is 17.1. The monoisotopic (exact) mass is 218 g/mol. The van der Waals surface area contributed by atoms with Crippen LogP contribution in [0.3, 0.4) is 0 Å². The second-order valence-corrected chi connectivity index (χ2v) is 5.63. The van der Waals surface area contributed by atoms with Crippen LogP contribution in [0.15, 0.2) is 30.3 Å². The molecular weight excluding hydrogens is 192 g/mol. The Balaban J connectivity index is 2.55. The van der Waals surface area contributed by atoms with E-state index >= 15 is 0 Å². The molecule has 0 heteroatoms. The lowest BCUT2D eigenvalue weighted by Crippen LogP contribution is -2.22. The van der Waals surface area contributed by atoms with Crippen molar-refractivity contribution < 1.29 is 0 Å². The van der Waals surface area contributed by atoms with Gasteiger partial charge < -0.3 is 0 Å². The topological polar surface area (TPSA) is 0 Å². The first kappa shape index (κ1) is 13.3. The number of rotatable bonds is 5. The van der Waals surface area contributed by atoms with Crippen LogP contribution in [-0.4, -0.2) is 0 Å². The standard InChI is InChI=1S/C16H26/c1-12(2)14(4)15(5)13(3)11-16-9-7-6-8-10-16/h6-10,12-15H,11H2,1-5H3. The van der Waals surface area contributed by atoms with Gasteiger partial charge in [-0.3, -0.25) is 0 Å². The predicted octanol–water partition coefficient (Wildman–Crippen LogP) is 4.79. The van der Waals surface area contributed by atoms with Gasteiger partial charge in [-0.15, -0.1) is 0 Å². The van der Waals surface area contributed by atoms with Gasteiger partial charge in [0.1, 0.15) is 0 Å². The highest BCUT2D eigenvalue weighted by atomic mass is 14.3. The van der Waals surface area contributed by atoms with Crippen molar-refractivity contribution in [3.8, 4) is 0 Å². The van der Waals surface area contributed by atoms with Gasteiger partial charge in [0.05, 0.1) is 0 Å². The van der Waals surface area contributed by atoms with Crippen LogP contribution in [-0.2, 0) is 6.42 Å². The van der Waals surface area contributed by atoms with Crippen LogP contribution in [0.4, 0.5) is 0 Å². The summed E-state index contributed by atoms with van der Waals surface area (Å²) in [5.41, 5.74) is 1.47. The molecule has 90 valence electrons. The Bertz CT molecular complexity index is 286. The second kappa shape index (κ2) is 6.08. The molecule has 0 N–H and O–H groups in total. The van der Waals surface area contributed by atoms with Crippen LogP contribution < -0.4 is 0 Å². The van der Waals surface area contributed by atoms with Gasteiger partial charge in [0.25, 0.3) is 0 Å². The van der Waals surface area contributed by atoms with Gasteiger partial charge in [-0.05, 0) is 35.7 Å². The van der Waals surface area contributed by atoms with E-state index in [-0.39, 0.29) is 0 Å². The minimum absolute atomic E-state index is 0.764. The summed E-state index contributed by atoms with van der Waals surface area (Å²) in [6.45, 7) is 11.8. The minimum Gasteiger partial charge on any atom is -0.0625 e. The molecule has 1 aromatic rings. The number of hydrogen-bond acceptors (Lipinski definition) is 0. The smallest absolute Gasteiger partial charge is 0.0250 e.